The molecule has 43 heavy (non-hydrogen) atoms. The minimum atomic E-state index is -1.37. The molecular formula is C31H39N5O7. The van der Waals surface area contributed by atoms with E-state index >= 15 is 0 Å². The van der Waals surface area contributed by atoms with E-state index in [-0.39, 0.29) is 19.3 Å². The van der Waals surface area contributed by atoms with E-state index < -0.39 is 66.2 Å². The van der Waals surface area contributed by atoms with Crippen molar-refractivity contribution in [2.45, 2.75) is 70.1 Å². The Hall–Kier alpha value is -4.71. The Labute approximate surface area is 249 Å². The molecule has 5 unspecified atom stereocenters. The number of amides is 3. The van der Waals surface area contributed by atoms with E-state index in [0.29, 0.717) is 6.42 Å². The van der Waals surface area contributed by atoms with Crippen molar-refractivity contribution in [2.24, 2.45) is 11.7 Å². The number of benzene rings is 2. The van der Waals surface area contributed by atoms with Crippen LogP contribution >= 0.6 is 0 Å². The monoisotopic (exact) mass is 593 g/mol. The number of carboxylic acid groups (broad SMARTS) is 2. The van der Waals surface area contributed by atoms with Crippen LogP contribution in [0, 0.1) is 5.92 Å². The fraction of sp³-hybridized carbons (Fsp3) is 0.387. The summed E-state index contributed by atoms with van der Waals surface area (Å²) in [5, 5.41) is 27.4. The van der Waals surface area contributed by atoms with Crippen molar-refractivity contribution in [2.75, 3.05) is 0 Å². The second-order valence-electron chi connectivity index (χ2n) is 10.6. The summed E-state index contributed by atoms with van der Waals surface area (Å²) in [4.78, 5) is 66.3. The number of carboxylic acids is 2. The third-order valence-corrected chi connectivity index (χ3v) is 7.42. The number of nitrogens with one attached hydrogen (secondary N) is 4. The molecule has 8 N–H and O–H groups in total. The maximum absolute atomic E-state index is 13.7. The number of carbonyl (C=O) groups excluding carboxylic acids is 3. The molecule has 0 saturated heterocycles. The molecule has 0 fully saturated rings. The largest absolute Gasteiger partial charge is 0.481 e. The van der Waals surface area contributed by atoms with Crippen LogP contribution in [0.5, 0.6) is 0 Å². The number of hydrogen-bond acceptors (Lipinski definition) is 6. The molecule has 5 atom stereocenters. The zero-order valence-electron chi connectivity index (χ0n) is 24.2. The first-order valence-corrected chi connectivity index (χ1v) is 14.2. The minimum absolute atomic E-state index is 0.0392. The van der Waals surface area contributed by atoms with Gasteiger partial charge in [0.05, 0.1) is 6.04 Å². The number of carbonyl (C=O) groups is 5. The fourth-order valence-electron chi connectivity index (χ4n) is 4.72. The zero-order valence-corrected chi connectivity index (χ0v) is 24.2. The lowest BCUT2D eigenvalue weighted by atomic mass is 9.98. The van der Waals surface area contributed by atoms with Crippen molar-refractivity contribution in [3.63, 3.8) is 0 Å². The maximum atomic E-state index is 13.7. The second kappa shape index (κ2) is 15.5. The number of aromatic amines is 1. The van der Waals surface area contributed by atoms with Gasteiger partial charge < -0.3 is 36.9 Å². The average molecular weight is 594 g/mol. The second-order valence-corrected chi connectivity index (χ2v) is 10.6. The van der Waals surface area contributed by atoms with Gasteiger partial charge in [0, 0.05) is 29.9 Å². The third kappa shape index (κ3) is 9.40. The Balaban J connectivity index is 1.85. The van der Waals surface area contributed by atoms with Crippen molar-refractivity contribution in [3.8, 4) is 0 Å². The number of H-pyrrole nitrogens is 1. The standard InChI is InChI=1S/C31H39N5O7/c1-3-18(2)27(31(42)43)36-29(40)24(13-14-26(37)38)34-30(41)25(16-20-17-33-23-12-8-7-11-21(20)23)35-28(39)22(32)15-19-9-5-4-6-10-19/h4-12,17-18,22,24-25,27,33H,3,13-16,32H2,1-2H3,(H,34,41)(H,35,39)(H,36,40)(H,37,38)(H,42,43). The van der Waals surface area contributed by atoms with Crippen molar-refractivity contribution in [3.05, 3.63) is 71.9 Å². The molecule has 12 nitrogen and oxygen atoms in total. The molecule has 0 saturated carbocycles. The molecule has 3 amide bonds. The molecule has 2 aromatic carbocycles. The summed E-state index contributed by atoms with van der Waals surface area (Å²) >= 11 is 0. The fourth-order valence-corrected chi connectivity index (χ4v) is 4.72. The summed E-state index contributed by atoms with van der Waals surface area (Å²) in [7, 11) is 0. The summed E-state index contributed by atoms with van der Waals surface area (Å²) < 4.78 is 0. The van der Waals surface area contributed by atoms with Crippen LogP contribution in [0.4, 0.5) is 0 Å². The SMILES string of the molecule is CCC(C)C(NC(=O)C(CCC(=O)O)NC(=O)C(Cc1c[nH]c2ccccc12)NC(=O)C(N)Cc1ccccc1)C(=O)O. The lowest BCUT2D eigenvalue weighted by molar-refractivity contribution is -0.144. The van der Waals surface area contributed by atoms with Gasteiger partial charge in [0.25, 0.3) is 0 Å². The minimum Gasteiger partial charge on any atom is -0.481 e. The van der Waals surface area contributed by atoms with E-state index in [0.717, 1.165) is 22.0 Å². The predicted molar refractivity (Wildman–Crippen MR) is 160 cm³/mol. The summed E-state index contributed by atoms with van der Waals surface area (Å²) in [6.45, 7) is 3.44. The quantitative estimate of drug-likeness (QED) is 0.130. The normalized spacial score (nSPS) is 14.6. The lowest BCUT2D eigenvalue weighted by Crippen LogP contribution is -2.58. The van der Waals surface area contributed by atoms with Crippen molar-refractivity contribution in [1.29, 1.82) is 0 Å². The Morgan fingerprint density at radius 2 is 1.47 bits per heavy atom. The first kappa shape index (κ1) is 32.8. The molecule has 230 valence electrons. The molecule has 3 aromatic rings. The first-order valence-electron chi connectivity index (χ1n) is 14.2. The third-order valence-electron chi connectivity index (χ3n) is 7.42. The Morgan fingerprint density at radius 3 is 2.12 bits per heavy atom. The molecule has 0 spiro atoms. The number of hydrogen-bond donors (Lipinski definition) is 7. The van der Waals surface area contributed by atoms with Gasteiger partial charge in [-0.25, -0.2) is 4.79 Å². The maximum Gasteiger partial charge on any atom is 0.326 e. The summed E-state index contributed by atoms with van der Waals surface area (Å²) in [6, 6.07) is 11.8. The molecule has 0 bridgehead atoms. The van der Waals surface area contributed by atoms with Crippen molar-refractivity contribution < 1.29 is 34.2 Å². The van der Waals surface area contributed by atoms with E-state index in [1.54, 1.807) is 20.0 Å². The highest BCUT2D eigenvalue weighted by Gasteiger charge is 2.32. The Kier molecular flexibility index (Phi) is 11.8. The smallest absolute Gasteiger partial charge is 0.326 e. The highest BCUT2D eigenvalue weighted by molar-refractivity contribution is 5.95. The Morgan fingerprint density at radius 1 is 0.837 bits per heavy atom. The highest BCUT2D eigenvalue weighted by Crippen LogP contribution is 2.19. The lowest BCUT2D eigenvalue weighted by Gasteiger charge is -2.26. The van der Waals surface area contributed by atoms with Crippen LogP contribution in [0.25, 0.3) is 10.9 Å². The van der Waals surface area contributed by atoms with E-state index in [4.69, 9.17) is 5.73 Å². The van der Waals surface area contributed by atoms with E-state index in [1.165, 1.54) is 0 Å². The molecular weight excluding hydrogens is 554 g/mol. The van der Waals surface area contributed by atoms with Gasteiger partial charge in [-0.3, -0.25) is 19.2 Å². The van der Waals surface area contributed by atoms with Crippen LogP contribution in [0.3, 0.4) is 0 Å². The van der Waals surface area contributed by atoms with Crippen molar-refractivity contribution in [1.82, 2.24) is 20.9 Å². The van der Waals surface area contributed by atoms with Crippen LogP contribution in [0.2, 0.25) is 0 Å². The highest BCUT2D eigenvalue weighted by atomic mass is 16.4. The average Bonchev–Trinajstić information content (AvgIpc) is 3.39. The summed E-state index contributed by atoms with van der Waals surface area (Å²) in [6.07, 6.45) is 1.70. The molecule has 3 rings (SSSR count). The van der Waals surface area contributed by atoms with Crippen LogP contribution in [0.15, 0.2) is 60.8 Å². The molecule has 1 aromatic heterocycles. The Bertz CT molecular complexity index is 1420. The van der Waals surface area contributed by atoms with E-state index in [9.17, 15) is 34.2 Å². The first-order chi connectivity index (χ1) is 20.5. The van der Waals surface area contributed by atoms with Gasteiger partial charge in [0.15, 0.2) is 0 Å². The molecule has 0 aliphatic rings. The molecule has 0 aliphatic heterocycles. The summed E-state index contributed by atoms with van der Waals surface area (Å²) in [5.41, 5.74) is 8.57. The number of aromatic nitrogens is 1. The van der Waals surface area contributed by atoms with Crippen LogP contribution in [0.1, 0.15) is 44.2 Å². The van der Waals surface area contributed by atoms with E-state index in [1.807, 2.05) is 54.6 Å². The van der Waals surface area contributed by atoms with Crippen LogP contribution in [-0.2, 0) is 36.8 Å². The molecule has 1 heterocycles. The number of para-hydroxylation sites is 1. The number of aliphatic carboxylic acids is 2. The van der Waals surface area contributed by atoms with Crippen LogP contribution in [-0.4, -0.2) is 69.0 Å². The van der Waals surface area contributed by atoms with Gasteiger partial charge in [-0.05, 0) is 36.0 Å². The zero-order chi connectivity index (χ0) is 31.5. The number of rotatable bonds is 16. The van der Waals surface area contributed by atoms with Crippen LogP contribution < -0.4 is 21.7 Å². The van der Waals surface area contributed by atoms with E-state index in [2.05, 4.69) is 20.9 Å². The number of nitrogens with two attached hydrogens (primary N) is 1. The summed E-state index contributed by atoms with van der Waals surface area (Å²) in [5.74, 6) is -5.02. The van der Waals surface area contributed by atoms with Gasteiger partial charge >= 0.3 is 11.9 Å². The van der Waals surface area contributed by atoms with Gasteiger partial charge in [0.2, 0.25) is 17.7 Å². The topological polar surface area (TPSA) is 204 Å². The molecule has 12 heteroatoms. The van der Waals surface area contributed by atoms with Gasteiger partial charge in [-0.15, -0.1) is 0 Å². The van der Waals surface area contributed by atoms with Gasteiger partial charge in [-0.1, -0.05) is 68.8 Å². The molecule has 0 aliphatic carbocycles. The van der Waals surface area contributed by atoms with Crippen molar-refractivity contribution >= 4 is 40.6 Å². The number of fused-ring (bicyclic) bond motifs is 1. The van der Waals surface area contributed by atoms with Gasteiger partial charge in [-0.2, -0.15) is 0 Å². The predicted octanol–water partition coefficient (Wildman–Crippen LogP) is 1.73. The van der Waals surface area contributed by atoms with Gasteiger partial charge in [0.1, 0.15) is 18.1 Å². The molecule has 0 radical (unpaired) electrons.